The van der Waals surface area contributed by atoms with Gasteiger partial charge in [0.25, 0.3) is 0 Å². The summed E-state index contributed by atoms with van der Waals surface area (Å²) in [5.41, 5.74) is 4.43. The quantitative estimate of drug-likeness (QED) is 0.833. The van der Waals surface area contributed by atoms with Crippen molar-refractivity contribution in [2.75, 3.05) is 13.1 Å². The Bertz CT molecular complexity index is 396. The molecule has 2 heteroatoms. The number of nitrogens with one attached hydrogen (secondary N) is 2. The molecular weight excluding hydrogens is 208 g/mol. The third kappa shape index (κ3) is 2.38. The van der Waals surface area contributed by atoms with Crippen molar-refractivity contribution in [2.24, 2.45) is 0 Å². The topological polar surface area (TPSA) is 24.1 Å². The summed E-state index contributed by atoms with van der Waals surface area (Å²) in [4.78, 5) is 0. The van der Waals surface area contributed by atoms with Gasteiger partial charge in [0.15, 0.2) is 0 Å². The predicted octanol–water partition coefficient (Wildman–Crippen LogP) is 2.32. The molecule has 1 aliphatic heterocycles. The Morgan fingerprint density at radius 2 is 2.24 bits per heavy atom. The molecule has 1 atom stereocenters. The van der Waals surface area contributed by atoms with Crippen LogP contribution in [0.3, 0.4) is 0 Å². The maximum absolute atomic E-state index is 3.69. The van der Waals surface area contributed by atoms with Gasteiger partial charge in [-0.1, -0.05) is 30.2 Å². The van der Waals surface area contributed by atoms with E-state index < -0.39 is 0 Å². The molecule has 1 fully saturated rings. The molecule has 1 aliphatic carbocycles. The first-order valence-corrected chi connectivity index (χ1v) is 6.89. The highest BCUT2D eigenvalue weighted by Crippen LogP contribution is 2.25. The summed E-state index contributed by atoms with van der Waals surface area (Å²) in [6.45, 7) is 4.39. The fraction of sp³-hybridized carbons (Fsp3) is 0.600. The second-order valence-electron chi connectivity index (χ2n) is 5.50. The van der Waals surface area contributed by atoms with Crippen LogP contribution in [-0.4, -0.2) is 19.1 Å². The summed E-state index contributed by atoms with van der Waals surface area (Å²) >= 11 is 0. The van der Waals surface area contributed by atoms with Crippen LogP contribution in [0, 0.1) is 6.92 Å². The molecule has 3 rings (SSSR count). The fourth-order valence-electron chi connectivity index (χ4n) is 2.84. The molecule has 1 saturated carbocycles. The van der Waals surface area contributed by atoms with Gasteiger partial charge in [-0.2, -0.15) is 0 Å². The summed E-state index contributed by atoms with van der Waals surface area (Å²) in [6, 6.07) is 8.20. The van der Waals surface area contributed by atoms with Crippen molar-refractivity contribution in [3.8, 4) is 0 Å². The minimum absolute atomic E-state index is 0.513. The molecule has 0 spiro atoms. The van der Waals surface area contributed by atoms with Crippen molar-refractivity contribution >= 4 is 0 Å². The van der Waals surface area contributed by atoms with E-state index in [0.29, 0.717) is 6.04 Å². The van der Waals surface area contributed by atoms with Crippen molar-refractivity contribution in [1.82, 2.24) is 10.6 Å². The molecule has 1 aromatic rings. The van der Waals surface area contributed by atoms with Crippen LogP contribution >= 0.6 is 0 Å². The lowest BCUT2D eigenvalue weighted by atomic mass is 9.90. The second-order valence-corrected chi connectivity index (χ2v) is 5.50. The lowest BCUT2D eigenvalue weighted by Crippen LogP contribution is -2.42. The van der Waals surface area contributed by atoms with Gasteiger partial charge >= 0.3 is 0 Å². The Balaban J connectivity index is 1.71. The summed E-state index contributed by atoms with van der Waals surface area (Å²) in [5.74, 6) is 0. The molecule has 0 bridgehead atoms. The molecule has 2 N–H and O–H groups in total. The molecule has 0 aromatic heterocycles. The number of rotatable bonds is 3. The first-order chi connectivity index (χ1) is 8.33. The Morgan fingerprint density at radius 3 is 3.00 bits per heavy atom. The van der Waals surface area contributed by atoms with Gasteiger partial charge in [0, 0.05) is 18.6 Å². The second kappa shape index (κ2) is 4.79. The highest BCUT2D eigenvalue weighted by molar-refractivity contribution is 5.36. The smallest absolute Gasteiger partial charge is 0.0449 e. The van der Waals surface area contributed by atoms with Gasteiger partial charge in [0.1, 0.15) is 0 Å². The normalized spacial score (nSPS) is 24.2. The molecule has 0 radical (unpaired) electrons. The molecule has 0 saturated heterocycles. The van der Waals surface area contributed by atoms with E-state index in [1.165, 1.54) is 42.4 Å². The molecule has 1 aromatic carbocycles. The number of fused-ring (bicyclic) bond motifs is 1. The summed E-state index contributed by atoms with van der Waals surface area (Å²) in [7, 11) is 0. The average Bonchev–Trinajstić information content (AvgIpc) is 2.27. The fourth-order valence-corrected chi connectivity index (χ4v) is 2.84. The van der Waals surface area contributed by atoms with E-state index in [1.54, 1.807) is 0 Å². The average molecular weight is 230 g/mol. The molecular formula is C15H22N2. The van der Waals surface area contributed by atoms with Gasteiger partial charge in [0.05, 0.1) is 0 Å². The number of aryl methyl sites for hydroxylation is 1. The van der Waals surface area contributed by atoms with Gasteiger partial charge in [-0.25, -0.2) is 0 Å². The zero-order valence-electron chi connectivity index (χ0n) is 10.6. The summed E-state index contributed by atoms with van der Waals surface area (Å²) in [5, 5.41) is 7.33. The van der Waals surface area contributed by atoms with Crippen molar-refractivity contribution in [1.29, 1.82) is 0 Å². The summed E-state index contributed by atoms with van der Waals surface area (Å²) in [6.07, 6.45) is 5.32. The van der Waals surface area contributed by atoms with Crippen molar-refractivity contribution < 1.29 is 0 Å². The van der Waals surface area contributed by atoms with Crippen molar-refractivity contribution in [3.63, 3.8) is 0 Å². The third-order valence-corrected chi connectivity index (χ3v) is 4.18. The highest BCUT2D eigenvalue weighted by Gasteiger charge is 2.22. The number of benzene rings is 1. The zero-order valence-corrected chi connectivity index (χ0v) is 10.6. The van der Waals surface area contributed by atoms with Crippen LogP contribution in [0.25, 0.3) is 0 Å². The third-order valence-electron chi connectivity index (χ3n) is 4.18. The van der Waals surface area contributed by atoms with Gasteiger partial charge in [-0.3, -0.25) is 0 Å². The number of hydrogen-bond acceptors (Lipinski definition) is 2. The number of hydrogen-bond donors (Lipinski definition) is 2. The Hall–Kier alpha value is -0.860. The van der Waals surface area contributed by atoms with Crippen LogP contribution in [-0.2, 0) is 6.42 Å². The largest absolute Gasteiger partial charge is 0.312 e. The minimum atomic E-state index is 0.513. The Kier molecular flexibility index (Phi) is 3.17. The van der Waals surface area contributed by atoms with E-state index in [0.717, 1.165) is 19.1 Å². The molecule has 1 heterocycles. The maximum atomic E-state index is 3.69. The predicted molar refractivity (Wildman–Crippen MR) is 71.3 cm³/mol. The van der Waals surface area contributed by atoms with E-state index in [2.05, 4.69) is 35.8 Å². The first kappa shape index (κ1) is 11.2. The van der Waals surface area contributed by atoms with Gasteiger partial charge in [-0.15, -0.1) is 0 Å². The standard InChI is InChI=1S/C15H22N2/c1-11-5-6-12-7-8-16-15(14(12)9-11)10-17-13-3-2-4-13/h5-6,9,13,15-17H,2-4,7-8,10H2,1H3. The van der Waals surface area contributed by atoms with E-state index in [1.807, 2.05) is 0 Å². The van der Waals surface area contributed by atoms with Crippen LogP contribution in [0.2, 0.25) is 0 Å². The SMILES string of the molecule is Cc1ccc2c(c1)C(CNC1CCC1)NCC2. The molecule has 17 heavy (non-hydrogen) atoms. The molecule has 1 unspecified atom stereocenters. The van der Waals surface area contributed by atoms with Crippen LogP contribution < -0.4 is 10.6 Å². The van der Waals surface area contributed by atoms with E-state index in [4.69, 9.17) is 0 Å². The molecule has 2 nitrogen and oxygen atoms in total. The van der Waals surface area contributed by atoms with Gasteiger partial charge in [-0.05, 0) is 43.9 Å². The zero-order chi connectivity index (χ0) is 11.7. The van der Waals surface area contributed by atoms with Crippen LogP contribution in [0.5, 0.6) is 0 Å². The van der Waals surface area contributed by atoms with Crippen LogP contribution in [0.15, 0.2) is 18.2 Å². The monoisotopic (exact) mass is 230 g/mol. The minimum Gasteiger partial charge on any atom is -0.312 e. The lowest BCUT2D eigenvalue weighted by molar-refractivity contribution is 0.319. The van der Waals surface area contributed by atoms with Crippen molar-refractivity contribution in [3.05, 3.63) is 34.9 Å². The van der Waals surface area contributed by atoms with E-state index in [9.17, 15) is 0 Å². The maximum Gasteiger partial charge on any atom is 0.0449 e. The molecule has 92 valence electrons. The van der Waals surface area contributed by atoms with Gasteiger partial charge in [0.2, 0.25) is 0 Å². The van der Waals surface area contributed by atoms with Crippen molar-refractivity contribution in [2.45, 2.75) is 44.7 Å². The molecule has 0 amide bonds. The van der Waals surface area contributed by atoms with Crippen LogP contribution in [0.1, 0.15) is 42.0 Å². The highest BCUT2D eigenvalue weighted by atomic mass is 15.0. The first-order valence-electron chi connectivity index (χ1n) is 6.89. The van der Waals surface area contributed by atoms with E-state index in [-0.39, 0.29) is 0 Å². The lowest BCUT2D eigenvalue weighted by Gasteiger charge is -2.32. The summed E-state index contributed by atoms with van der Waals surface area (Å²) < 4.78 is 0. The van der Waals surface area contributed by atoms with E-state index >= 15 is 0 Å². The Morgan fingerprint density at radius 1 is 1.35 bits per heavy atom. The Labute approximate surface area is 104 Å². The van der Waals surface area contributed by atoms with Gasteiger partial charge < -0.3 is 10.6 Å². The van der Waals surface area contributed by atoms with Crippen LogP contribution in [0.4, 0.5) is 0 Å². The molecule has 2 aliphatic rings.